The molecule has 0 aromatic carbocycles. The SMILES string of the molecule is O=S(=O)(NC1CC1)N1CCC(CCO)C1. The second kappa shape index (κ2) is 4.37. The first-order chi connectivity index (χ1) is 7.12. The molecule has 0 bridgehead atoms. The summed E-state index contributed by atoms with van der Waals surface area (Å²) in [7, 11) is -3.25. The minimum absolute atomic E-state index is 0.147. The van der Waals surface area contributed by atoms with Gasteiger partial charge in [-0.05, 0) is 31.6 Å². The molecule has 15 heavy (non-hydrogen) atoms. The Kier molecular flexibility index (Phi) is 3.30. The molecule has 88 valence electrons. The molecule has 1 heterocycles. The van der Waals surface area contributed by atoms with Gasteiger partial charge in [-0.15, -0.1) is 0 Å². The summed E-state index contributed by atoms with van der Waals surface area (Å²) in [6.45, 7) is 1.30. The van der Waals surface area contributed by atoms with Gasteiger partial charge in [0.1, 0.15) is 0 Å². The van der Waals surface area contributed by atoms with Crippen LogP contribution in [0.1, 0.15) is 25.7 Å². The average Bonchev–Trinajstić information content (AvgIpc) is 2.82. The Hall–Kier alpha value is -0.170. The van der Waals surface area contributed by atoms with Gasteiger partial charge in [0.05, 0.1) is 0 Å². The molecule has 2 fully saturated rings. The Morgan fingerprint density at radius 2 is 2.07 bits per heavy atom. The molecular weight excluding hydrogens is 216 g/mol. The van der Waals surface area contributed by atoms with Gasteiger partial charge >= 0.3 is 0 Å². The van der Waals surface area contributed by atoms with E-state index in [2.05, 4.69) is 4.72 Å². The summed E-state index contributed by atoms with van der Waals surface area (Å²) in [6, 6.07) is 0.173. The molecule has 2 N–H and O–H groups in total. The number of aliphatic hydroxyl groups is 1. The smallest absolute Gasteiger partial charge is 0.279 e. The number of hydrogen-bond donors (Lipinski definition) is 2. The van der Waals surface area contributed by atoms with E-state index in [0.717, 1.165) is 19.3 Å². The second-order valence-electron chi connectivity index (χ2n) is 4.42. The predicted molar refractivity (Wildman–Crippen MR) is 56.5 cm³/mol. The van der Waals surface area contributed by atoms with Gasteiger partial charge in [0.2, 0.25) is 0 Å². The maximum Gasteiger partial charge on any atom is 0.279 e. The Labute approximate surface area is 90.6 Å². The molecule has 5 nitrogen and oxygen atoms in total. The third-order valence-electron chi connectivity index (χ3n) is 3.02. The molecule has 1 atom stereocenters. The van der Waals surface area contributed by atoms with Crippen LogP contribution in [0.4, 0.5) is 0 Å². The van der Waals surface area contributed by atoms with E-state index in [0.29, 0.717) is 25.4 Å². The lowest BCUT2D eigenvalue weighted by Gasteiger charge is -2.16. The van der Waals surface area contributed by atoms with Crippen LogP contribution in [0.25, 0.3) is 0 Å². The molecule has 1 aliphatic heterocycles. The van der Waals surface area contributed by atoms with Gasteiger partial charge in [-0.1, -0.05) is 0 Å². The Bertz CT molecular complexity index is 313. The lowest BCUT2D eigenvalue weighted by molar-refractivity contribution is 0.259. The highest BCUT2D eigenvalue weighted by molar-refractivity contribution is 7.87. The van der Waals surface area contributed by atoms with Gasteiger partial charge in [-0.3, -0.25) is 0 Å². The fourth-order valence-electron chi connectivity index (χ4n) is 1.92. The van der Waals surface area contributed by atoms with Crippen molar-refractivity contribution in [1.29, 1.82) is 0 Å². The molecule has 2 aliphatic rings. The fourth-order valence-corrected chi connectivity index (χ4v) is 3.48. The quantitative estimate of drug-likeness (QED) is 0.685. The van der Waals surface area contributed by atoms with Crippen molar-refractivity contribution in [3.05, 3.63) is 0 Å². The van der Waals surface area contributed by atoms with E-state index >= 15 is 0 Å². The van der Waals surface area contributed by atoms with Crippen LogP contribution in [0.3, 0.4) is 0 Å². The van der Waals surface area contributed by atoms with Gasteiger partial charge in [0, 0.05) is 25.7 Å². The Morgan fingerprint density at radius 1 is 1.33 bits per heavy atom. The third kappa shape index (κ3) is 2.90. The van der Waals surface area contributed by atoms with Crippen LogP contribution in [0.5, 0.6) is 0 Å². The van der Waals surface area contributed by atoms with Crippen LogP contribution in [-0.4, -0.2) is 43.6 Å². The van der Waals surface area contributed by atoms with Crippen LogP contribution in [0, 0.1) is 5.92 Å². The van der Waals surface area contributed by atoms with Crippen molar-refractivity contribution in [2.24, 2.45) is 5.92 Å². The summed E-state index contributed by atoms with van der Waals surface area (Å²) in [5.41, 5.74) is 0. The van der Waals surface area contributed by atoms with Crippen molar-refractivity contribution in [1.82, 2.24) is 9.03 Å². The maximum atomic E-state index is 11.8. The van der Waals surface area contributed by atoms with E-state index in [9.17, 15) is 8.42 Å². The lowest BCUT2D eigenvalue weighted by atomic mass is 10.1. The topological polar surface area (TPSA) is 69.6 Å². The minimum atomic E-state index is -3.25. The van der Waals surface area contributed by atoms with Crippen LogP contribution in [-0.2, 0) is 10.2 Å². The summed E-state index contributed by atoms with van der Waals surface area (Å²) in [5, 5.41) is 8.79. The summed E-state index contributed by atoms with van der Waals surface area (Å²) in [5.74, 6) is 0.325. The molecule has 1 saturated carbocycles. The molecule has 0 aromatic rings. The number of nitrogens with zero attached hydrogens (tertiary/aromatic N) is 1. The van der Waals surface area contributed by atoms with Gasteiger partial charge in [0.25, 0.3) is 10.2 Å². The zero-order chi connectivity index (χ0) is 10.9. The molecule has 0 spiro atoms. The van der Waals surface area contributed by atoms with Crippen LogP contribution in [0.15, 0.2) is 0 Å². The van der Waals surface area contributed by atoms with Crippen molar-refractivity contribution in [3.63, 3.8) is 0 Å². The molecule has 6 heteroatoms. The Balaban J connectivity index is 1.88. The molecule has 0 radical (unpaired) electrons. The number of nitrogens with one attached hydrogen (secondary N) is 1. The standard InChI is InChI=1S/C9H18N2O3S/c12-6-4-8-3-5-11(7-8)15(13,14)10-9-1-2-9/h8-10,12H,1-7H2. The molecule has 1 saturated heterocycles. The van der Waals surface area contributed by atoms with Crippen molar-refractivity contribution in [2.75, 3.05) is 19.7 Å². The van der Waals surface area contributed by atoms with E-state index in [1.165, 1.54) is 4.31 Å². The lowest BCUT2D eigenvalue weighted by Crippen LogP contribution is -2.40. The average molecular weight is 234 g/mol. The van der Waals surface area contributed by atoms with Crippen LogP contribution < -0.4 is 4.72 Å². The van der Waals surface area contributed by atoms with E-state index in [4.69, 9.17) is 5.11 Å². The third-order valence-corrected chi connectivity index (χ3v) is 4.66. The molecule has 0 aromatic heterocycles. The number of hydrogen-bond acceptors (Lipinski definition) is 3. The first-order valence-electron chi connectivity index (χ1n) is 5.50. The largest absolute Gasteiger partial charge is 0.396 e. The van der Waals surface area contributed by atoms with E-state index in [1.54, 1.807) is 0 Å². The van der Waals surface area contributed by atoms with Crippen molar-refractivity contribution >= 4 is 10.2 Å². The van der Waals surface area contributed by atoms with Crippen molar-refractivity contribution in [2.45, 2.75) is 31.7 Å². The monoisotopic (exact) mass is 234 g/mol. The zero-order valence-corrected chi connectivity index (χ0v) is 9.54. The van der Waals surface area contributed by atoms with Crippen LogP contribution >= 0.6 is 0 Å². The zero-order valence-electron chi connectivity index (χ0n) is 8.72. The Morgan fingerprint density at radius 3 is 2.67 bits per heavy atom. The maximum absolute atomic E-state index is 11.8. The number of aliphatic hydroxyl groups excluding tert-OH is 1. The van der Waals surface area contributed by atoms with Gasteiger partial charge in [0.15, 0.2) is 0 Å². The molecule has 2 rings (SSSR count). The molecular formula is C9H18N2O3S. The summed E-state index contributed by atoms with van der Waals surface area (Å²) in [4.78, 5) is 0. The van der Waals surface area contributed by atoms with E-state index in [1.807, 2.05) is 0 Å². The minimum Gasteiger partial charge on any atom is -0.396 e. The number of rotatable bonds is 5. The van der Waals surface area contributed by atoms with E-state index in [-0.39, 0.29) is 12.6 Å². The second-order valence-corrected chi connectivity index (χ2v) is 6.12. The van der Waals surface area contributed by atoms with Crippen molar-refractivity contribution < 1.29 is 13.5 Å². The summed E-state index contributed by atoms with van der Waals surface area (Å²) < 4.78 is 27.7. The normalized spacial score (nSPS) is 28.5. The highest BCUT2D eigenvalue weighted by Gasteiger charge is 2.34. The van der Waals surface area contributed by atoms with Crippen LogP contribution in [0.2, 0.25) is 0 Å². The predicted octanol–water partition coefficient (Wildman–Crippen LogP) is -0.312. The molecule has 0 amide bonds. The fraction of sp³-hybridized carbons (Fsp3) is 1.00. The van der Waals surface area contributed by atoms with Gasteiger partial charge in [-0.25, -0.2) is 0 Å². The highest BCUT2D eigenvalue weighted by Crippen LogP contribution is 2.24. The summed E-state index contributed by atoms with van der Waals surface area (Å²) >= 11 is 0. The first kappa shape index (κ1) is 11.3. The van der Waals surface area contributed by atoms with Gasteiger partial charge < -0.3 is 5.11 Å². The highest BCUT2D eigenvalue weighted by atomic mass is 32.2. The molecule has 1 unspecified atom stereocenters. The van der Waals surface area contributed by atoms with E-state index < -0.39 is 10.2 Å². The first-order valence-corrected chi connectivity index (χ1v) is 6.94. The van der Waals surface area contributed by atoms with Gasteiger partial charge in [-0.2, -0.15) is 17.4 Å². The van der Waals surface area contributed by atoms with Crippen molar-refractivity contribution in [3.8, 4) is 0 Å². The summed E-state index contributed by atoms with van der Waals surface area (Å²) in [6.07, 6.45) is 3.50. The molecule has 1 aliphatic carbocycles.